The highest BCUT2D eigenvalue weighted by atomic mass is 19.3. The standard InChI is InChI=1S/C40H47F6N5O4/c1-21-10-23-12-22(2)40(36(53)54,24(11-21)13-23)49-35(52)30-17-47-34(48-33(30)37(3,41)42)31-18-51(25-6-8-38(43,44)9-7-25)32-16-27(4-5-29(31)32)55-28-14-26(15-28)50-19-39(45,46)20-50/h4-5,16-18,21-26,28H,6-15,19-20H2,1-3H3,(H,49,52)(H,53,54)/t21?,22?,23?,24?,26-,28+,40?. The lowest BCUT2D eigenvalue weighted by atomic mass is 9.56. The van der Waals surface area contributed by atoms with Crippen LogP contribution >= 0.6 is 0 Å². The van der Waals surface area contributed by atoms with E-state index in [-0.39, 0.29) is 74.6 Å². The number of aromatic nitrogens is 3. The summed E-state index contributed by atoms with van der Waals surface area (Å²) in [6, 6.07) is 4.89. The Morgan fingerprint density at radius 3 is 2.33 bits per heavy atom. The number of carboxylic acids is 1. The first kappa shape index (κ1) is 38.0. The molecule has 8 rings (SSSR count). The quantitative estimate of drug-likeness (QED) is 0.210. The van der Waals surface area contributed by atoms with E-state index in [4.69, 9.17) is 4.74 Å². The molecule has 298 valence electrons. The first-order valence-corrected chi connectivity index (χ1v) is 19.4. The molecule has 9 nitrogen and oxygen atoms in total. The number of likely N-dealkylation sites (tertiary alicyclic amines) is 1. The third-order valence-electron chi connectivity index (χ3n) is 13.2. The van der Waals surface area contributed by atoms with Crippen molar-refractivity contribution in [3.8, 4) is 17.1 Å². The number of ether oxygens (including phenoxy) is 1. The van der Waals surface area contributed by atoms with Crippen molar-refractivity contribution in [2.24, 2.45) is 23.7 Å². The lowest BCUT2D eigenvalue weighted by Gasteiger charge is -2.52. The van der Waals surface area contributed by atoms with Crippen molar-refractivity contribution in [1.82, 2.24) is 24.8 Å². The molecule has 1 amide bonds. The number of carbonyl (C=O) groups is 2. The predicted molar refractivity (Wildman–Crippen MR) is 191 cm³/mol. The van der Waals surface area contributed by atoms with Gasteiger partial charge in [-0.25, -0.2) is 32.3 Å². The van der Waals surface area contributed by atoms with E-state index < -0.39 is 52.4 Å². The predicted octanol–water partition coefficient (Wildman–Crippen LogP) is 8.47. The minimum Gasteiger partial charge on any atom is -0.490 e. The van der Waals surface area contributed by atoms with Gasteiger partial charge in [0.1, 0.15) is 23.1 Å². The zero-order valence-electron chi connectivity index (χ0n) is 31.1. The highest BCUT2D eigenvalue weighted by Crippen LogP contribution is 2.51. The fourth-order valence-corrected chi connectivity index (χ4v) is 10.3. The molecule has 4 saturated carbocycles. The van der Waals surface area contributed by atoms with E-state index in [0.29, 0.717) is 67.2 Å². The third kappa shape index (κ3) is 6.96. The van der Waals surface area contributed by atoms with Gasteiger partial charge >= 0.3 is 5.97 Å². The Balaban J connectivity index is 1.11. The number of carboxylic acid groups (broad SMARTS) is 1. The Kier molecular flexibility index (Phi) is 9.24. The van der Waals surface area contributed by atoms with Crippen LogP contribution in [0.25, 0.3) is 22.3 Å². The number of aliphatic carboxylic acids is 1. The normalized spacial score (nSPS) is 32.0. The summed E-state index contributed by atoms with van der Waals surface area (Å²) in [6.45, 7) is 3.96. The summed E-state index contributed by atoms with van der Waals surface area (Å²) >= 11 is 0. The molecule has 2 bridgehead atoms. The molecule has 5 atom stereocenters. The number of rotatable bonds is 9. The van der Waals surface area contributed by atoms with Gasteiger partial charge in [0.05, 0.1) is 24.2 Å². The van der Waals surface area contributed by atoms with Crippen LogP contribution < -0.4 is 10.1 Å². The number of halogens is 6. The zero-order chi connectivity index (χ0) is 39.2. The molecule has 0 spiro atoms. The maximum absolute atomic E-state index is 15.5. The Morgan fingerprint density at radius 1 is 0.964 bits per heavy atom. The SMILES string of the molecule is CC1CC2CC(C)C(NC(=O)c3cnc(-c4cn(C5CCC(F)(F)CC5)c5cc(O[C@H]6C[C@@H](N7CC(F)(F)C7)C6)ccc45)nc3C(C)(F)F)(C(=O)O)C(C1)C2. The molecule has 5 aliphatic rings. The highest BCUT2D eigenvalue weighted by molar-refractivity contribution is 6.00. The summed E-state index contributed by atoms with van der Waals surface area (Å²) in [5, 5.41) is 13.9. The molecule has 1 saturated heterocycles. The molecule has 5 fully saturated rings. The van der Waals surface area contributed by atoms with Gasteiger partial charge in [0.2, 0.25) is 5.92 Å². The number of hydrogen-bond donors (Lipinski definition) is 2. The highest BCUT2D eigenvalue weighted by Gasteiger charge is 2.57. The van der Waals surface area contributed by atoms with Crippen LogP contribution in [-0.4, -0.2) is 79.0 Å². The van der Waals surface area contributed by atoms with Gasteiger partial charge in [-0.2, -0.15) is 8.78 Å². The Morgan fingerprint density at radius 2 is 1.67 bits per heavy atom. The average Bonchev–Trinajstić information content (AvgIpc) is 3.44. The lowest BCUT2D eigenvalue weighted by molar-refractivity contribution is -0.165. The number of carbonyl (C=O) groups excluding carboxylic acids is 1. The van der Waals surface area contributed by atoms with E-state index in [1.165, 1.54) is 0 Å². The Bertz CT molecular complexity index is 1970. The van der Waals surface area contributed by atoms with Gasteiger partial charge in [-0.1, -0.05) is 13.8 Å². The van der Waals surface area contributed by atoms with Gasteiger partial charge in [0, 0.05) is 74.1 Å². The van der Waals surface area contributed by atoms with Crippen LogP contribution in [0.5, 0.6) is 5.75 Å². The molecule has 0 radical (unpaired) electrons. The number of nitrogens with one attached hydrogen (secondary N) is 1. The molecule has 1 aliphatic heterocycles. The van der Waals surface area contributed by atoms with Crippen molar-refractivity contribution >= 4 is 22.8 Å². The molecule has 2 N–H and O–H groups in total. The minimum absolute atomic E-state index is 0.0184. The summed E-state index contributed by atoms with van der Waals surface area (Å²) in [6.07, 6.45) is 6.19. The summed E-state index contributed by atoms with van der Waals surface area (Å²) in [4.78, 5) is 37.4. The third-order valence-corrected chi connectivity index (χ3v) is 13.2. The number of fused-ring (bicyclic) bond motifs is 3. The zero-order valence-corrected chi connectivity index (χ0v) is 31.1. The monoisotopic (exact) mass is 775 g/mol. The number of hydrogen-bond acceptors (Lipinski definition) is 6. The van der Waals surface area contributed by atoms with E-state index >= 15 is 8.78 Å². The second-order valence-corrected chi connectivity index (χ2v) is 17.3. The largest absolute Gasteiger partial charge is 0.490 e. The first-order chi connectivity index (χ1) is 25.8. The van der Waals surface area contributed by atoms with Crippen molar-refractivity contribution in [3.63, 3.8) is 0 Å². The molecule has 15 heteroatoms. The molecule has 2 aromatic heterocycles. The molecule has 3 aromatic rings. The average molecular weight is 776 g/mol. The van der Waals surface area contributed by atoms with Crippen molar-refractivity contribution in [1.29, 1.82) is 0 Å². The molecular formula is C40H47F6N5O4. The Labute approximate surface area is 315 Å². The van der Waals surface area contributed by atoms with E-state index in [9.17, 15) is 32.3 Å². The van der Waals surface area contributed by atoms with Crippen LogP contribution in [-0.2, 0) is 10.7 Å². The molecule has 4 aliphatic carbocycles. The topological polar surface area (TPSA) is 110 Å². The van der Waals surface area contributed by atoms with Gasteiger partial charge in [0.25, 0.3) is 17.8 Å². The summed E-state index contributed by atoms with van der Waals surface area (Å²) in [5.41, 5.74) is -2.07. The number of amides is 1. The van der Waals surface area contributed by atoms with E-state index in [1.807, 2.05) is 4.57 Å². The van der Waals surface area contributed by atoms with Crippen molar-refractivity contribution in [3.05, 3.63) is 41.9 Å². The maximum atomic E-state index is 15.5. The second-order valence-electron chi connectivity index (χ2n) is 17.3. The van der Waals surface area contributed by atoms with Crippen LogP contribution in [0, 0.1) is 23.7 Å². The number of alkyl halides is 6. The molecule has 1 aromatic carbocycles. The summed E-state index contributed by atoms with van der Waals surface area (Å²) in [7, 11) is 0. The molecule has 5 unspecified atom stereocenters. The number of benzene rings is 1. The summed E-state index contributed by atoms with van der Waals surface area (Å²) in [5.74, 6) is -11.1. The van der Waals surface area contributed by atoms with Crippen LogP contribution in [0.2, 0.25) is 0 Å². The van der Waals surface area contributed by atoms with Crippen LogP contribution in [0.4, 0.5) is 26.3 Å². The Hall–Kier alpha value is -3.88. The van der Waals surface area contributed by atoms with E-state index in [0.717, 1.165) is 12.6 Å². The van der Waals surface area contributed by atoms with Gasteiger partial charge in [-0.3, -0.25) is 9.69 Å². The maximum Gasteiger partial charge on any atom is 0.329 e. The molecular weight excluding hydrogens is 728 g/mol. The van der Waals surface area contributed by atoms with Gasteiger partial charge in [0.15, 0.2) is 5.82 Å². The van der Waals surface area contributed by atoms with Crippen molar-refractivity contribution < 1.29 is 45.8 Å². The van der Waals surface area contributed by atoms with Crippen molar-refractivity contribution in [2.75, 3.05) is 13.1 Å². The van der Waals surface area contributed by atoms with Crippen molar-refractivity contribution in [2.45, 2.75) is 126 Å². The molecule has 3 heterocycles. The van der Waals surface area contributed by atoms with Gasteiger partial charge < -0.3 is 19.7 Å². The summed E-state index contributed by atoms with van der Waals surface area (Å²) < 4.78 is 94.2. The fraction of sp³-hybridized carbons (Fsp3) is 0.650. The molecule has 55 heavy (non-hydrogen) atoms. The first-order valence-electron chi connectivity index (χ1n) is 19.4. The van der Waals surface area contributed by atoms with Crippen LogP contribution in [0.3, 0.4) is 0 Å². The smallest absolute Gasteiger partial charge is 0.329 e. The van der Waals surface area contributed by atoms with Crippen LogP contribution in [0.15, 0.2) is 30.6 Å². The van der Waals surface area contributed by atoms with E-state index in [2.05, 4.69) is 22.2 Å². The van der Waals surface area contributed by atoms with Gasteiger partial charge in [-0.15, -0.1) is 0 Å². The van der Waals surface area contributed by atoms with E-state index in [1.54, 1.807) is 36.2 Å². The second kappa shape index (κ2) is 13.4. The van der Waals surface area contributed by atoms with Crippen LogP contribution in [0.1, 0.15) is 107 Å². The minimum atomic E-state index is -3.62. The number of nitrogens with zero attached hydrogens (tertiary/aromatic N) is 4. The lowest BCUT2D eigenvalue weighted by Crippen LogP contribution is -2.66. The fourth-order valence-electron chi connectivity index (χ4n) is 10.3. The van der Waals surface area contributed by atoms with Gasteiger partial charge in [-0.05, 0) is 74.3 Å².